The van der Waals surface area contributed by atoms with Gasteiger partial charge < -0.3 is 9.64 Å². The summed E-state index contributed by atoms with van der Waals surface area (Å²) in [7, 11) is 1.41. The summed E-state index contributed by atoms with van der Waals surface area (Å²) < 4.78 is 4.77. The summed E-state index contributed by atoms with van der Waals surface area (Å²) in [6, 6.07) is 15.1. The van der Waals surface area contributed by atoms with Crippen molar-refractivity contribution < 1.29 is 19.1 Å². The molecule has 2 aliphatic heterocycles. The van der Waals surface area contributed by atoms with E-state index in [2.05, 4.69) is 11.0 Å². The predicted octanol–water partition coefficient (Wildman–Crippen LogP) is 3.30. The second kappa shape index (κ2) is 8.69. The van der Waals surface area contributed by atoms with Gasteiger partial charge in [0.05, 0.1) is 18.2 Å². The molecule has 0 bridgehead atoms. The first-order valence-corrected chi connectivity index (χ1v) is 10.4. The maximum atomic E-state index is 12.7. The quantitative estimate of drug-likeness (QED) is 0.544. The number of anilines is 1. The standard InChI is InChI=1S/C24H26N2O4/c1-30-22(27)13-12-18-8-2-5-11-21(18)25-14-6-7-17(15-25)16-26-23(28)19-9-3-4-10-20(19)24(26)29/h2-5,8-11,17H,6-7,12-16H2,1H3. The average Bonchev–Trinajstić information content (AvgIpc) is 3.03. The number of methoxy groups -OCH3 is 1. The Bertz CT molecular complexity index is 936. The summed E-state index contributed by atoms with van der Waals surface area (Å²) in [5.74, 6) is -0.376. The molecule has 2 aromatic carbocycles. The molecular weight excluding hydrogens is 380 g/mol. The molecule has 6 heteroatoms. The van der Waals surface area contributed by atoms with E-state index in [9.17, 15) is 14.4 Å². The fourth-order valence-corrected chi connectivity index (χ4v) is 4.47. The Morgan fingerprint density at radius 2 is 1.70 bits per heavy atom. The number of hydrogen-bond donors (Lipinski definition) is 0. The third-order valence-corrected chi connectivity index (χ3v) is 6.00. The Hall–Kier alpha value is -3.15. The van der Waals surface area contributed by atoms with E-state index < -0.39 is 0 Å². The number of amides is 2. The lowest BCUT2D eigenvalue weighted by Gasteiger charge is -2.36. The molecule has 0 aromatic heterocycles. The molecule has 6 nitrogen and oxygen atoms in total. The second-order valence-electron chi connectivity index (χ2n) is 7.93. The minimum atomic E-state index is -0.216. The number of fused-ring (bicyclic) bond motifs is 1. The van der Waals surface area contributed by atoms with Gasteiger partial charge in [0, 0.05) is 31.7 Å². The molecule has 0 aliphatic carbocycles. The number of piperidine rings is 1. The zero-order valence-corrected chi connectivity index (χ0v) is 17.2. The van der Waals surface area contributed by atoms with E-state index in [1.54, 1.807) is 24.3 Å². The van der Waals surface area contributed by atoms with Crippen LogP contribution in [0.1, 0.15) is 45.5 Å². The van der Waals surface area contributed by atoms with Crippen LogP contribution in [0.15, 0.2) is 48.5 Å². The van der Waals surface area contributed by atoms with Crippen LogP contribution in [0.25, 0.3) is 0 Å². The van der Waals surface area contributed by atoms with Gasteiger partial charge in [0.25, 0.3) is 11.8 Å². The van der Waals surface area contributed by atoms with Crippen LogP contribution in [0.3, 0.4) is 0 Å². The lowest BCUT2D eigenvalue weighted by molar-refractivity contribution is -0.140. The predicted molar refractivity (Wildman–Crippen MR) is 114 cm³/mol. The van der Waals surface area contributed by atoms with Crippen LogP contribution in [0.2, 0.25) is 0 Å². The molecule has 1 saturated heterocycles. The molecule has 1 unspecified atom stereocenters. The van der Waals surface area contributed by atoms with Gasteiger partial charge in [0.1, 0.15) is 0 Å². The van der Waals surface area contributed by atoms with E-state index in [-0.39, 0.29) is 23.7 Å². The van der Waals surface area contributed by atoms with Crippen LogP contribution in [0, 0.1) is 5.92 Å². The van der Waals surface area contributed by atoms with Crippen molar-refractivity contribution in [2.75, 3.05) is 31.6 Å². The fourth-order valence-electron chi connectivity index (χ4n) is 4.47. The van der Waals surface area contributed by atoms with Gasteiger partial charge in [-0.3, -0.25) is 19.3 Å². The largest absolute Gasteiger partial charge is 0.469 e. The molecule has 0 spiro atoms. The minimum Gasteiger partial charge on any atom is -0.469 e. The van der Waals surface area contributed by atoms with Crippen LogP contribution < -0.4 is 4.90 Å². The Balaban J connectivity index is 1.45. The number of aryl methyl sites for hydroxylation is 1. The summed E-state index contributed by atoms with van der Waals surface area (Å²) >= 11 is 0. The maximum absolute atomic E-state index is 12.7. The first kappa shape index (κ1) is 20.1. The minimum absolute atomic E-state index is 0.189. The number of imide groups is 1. The number of hydrogen-bond acceptors (Lipinski definition) is 5. The van der Waals surface area contributed by atoms with Gasteiger partial charge in [-0.2, -0.15) is 0 Å². The van der Waals surface area contributed by atoms with Crippen LogP contribution >= 0.6 is 0 Å². The fraction of sp³-hybridized carbons (Fsp3) is 0.375. The van der Waals surface area contributed by atoms with Crippen LogP contribution in [-0.2, 0) is 16.0 Å². The van der Waals surface area contributed by atoms with Crippen molar-refractivity contribution in [2.24, 2.45) is 5.92 Å². The summed E-state index contributed by atoms with van der Waals surface area (Å²) in [4.78, 5) is 40.7. The van der Waals surface area contributed by atoms with Crippen molar-refractivity contribution in [3.8, 4) is 0 Å². The van der Waals surface area contributed by atoms with Crippen molar-refractivity contribution in [3.63, 3.8) is 0 Å². The number of carbonyl (C=O) groups excluding carboxylic acids is 3. The number of ether oxygens (including phenoxy) is 1. The number of carbonyl (C=O) groups is 3. The van der Waals surface area contributed by atoms with Gasteiger partial charge >= 0.3 is 5.97 Å². The lowest BCUT2D eigenvalue weighted by atomic mass is 9.95. The monoisotopic (exact) mass is 406 g/mol. The van der Waals surface area contributed by atoms with E-state index >= 15 is 0 Å². The highest BCUT2D eigenvalue weighted by Crippen LogP contribution is 2.30. The number of rotatable bonds is 6. The Morgan fingerprint density at radius 1 is 1.03 bits per heavy atom. The Morgan fingerprint density at radius 3 is 2.40 bits per heavy atom. The highest BCUT2D eigenvalue weighted by molar-refractivity contribution is 6.21. The van der Waals surface area contributed by atoms with Gasteiger partial charge in [-0.05, 0) is 48.9 Å². The van der Waals surface area contributed by atoms with Crippen LogP contribution in [-0.4, -0.2) is 49.4 Å². The van der Waals surface area contributed by atoms with E-state index in [4.69, 9.17) is 4.74 Å². The Labute approximate surface area is 176 Å². The van der Waals surface area contributed by atoms with Crippen molar-refractivity contribution in [2.45, 2.75) is 25.7 Å². The molecular formula is C24H26N2O4. The molecule has 1 atom stereocenters. The van der Waals surface area contributed by atoms with Gasteiger partial charge in [0.15, 0.2) is 0 Å². The highest BCUT2D eigenvalue weighted by Gasteiger charge is 2.37. The van der Waals surface area contributed by atoms with Crippen molar-refractivity contribution in [1.82, 2.24) is 4.90 Å². The number of nitrogens with zero attached hydrogens (tertiary/aromatic N) is 2. The summed E-state index contributed by atoms with van der Waals surface area (Å²) in [6.45, 7) is 2.14. The number of para-hydroxylation sites is 1. The van der Waals surface area contributed by atoms with Crippen LogP contribution in [0.4, 0.5) is 5.69 Å². The van der Waals surface area contributed by atoms with Gasteiger partial charge in [-0.1, -0.05) is 30.3 Å². The molecule has 30 heavy (non-hydrogen) atoms. The summed E-state index contributed by atoms with van der Waals surface area (Å²) in [6.07, 6.45) is 2.95. The normalized spacial score (nSPS) is 18.5. The van der Waals surface area contributed by atoms with E-state index in [1.165, 1.54) is 12.0 Å². The van der Waals surface area contributed by atoms with Gasteiger partial charge in [-0.25, -0.2) is 0 Å². The molecule has 4 rings (SSSR count). The van der Waals surface area contributed by atoms with Gasteiger partial charge in [-0.15, -0.1) is 0 Å². The van der Waals surface area contributed by atoms with E-state index in [1.807, 2.05) is 18.2 Å². The smallest absolute Gasteiger partial charge is 0.305 e. The van der Waals surface area contributed by atoms with Crippen LogP contribution in [0.5, 0.6) is 0 Å². The third kappa shape index (κ3) is 3.95. The molecule has 0 saturated carbocycles. The first-order chi connectivity index (χ1) is 14.6. The summed E-state index contributed by atoms with van der Waals surface area (Å²) in [5, 5.41) is 0. The molecule has 2 aliphatic rings. The number of benzene rings is 2. The molecule has 0 radical (unpaired) electrons. The molecule has 2 aromatic rings. The van der Waals surface area contributed by atoms with Crippen molar-refractivity contribution in [3.05, 3.63) is 65.2 Å². The first-order valence-electron chi connectivity index (χ1n) is 10.4. The maximum Gasteiger partial charge on any atom is 0.305 e. The average molecular weight is 406 g/mol. The second-order valence-corrected chi connectivity index (χ2v) is 7.93. The topological polar surface area (TPSA) is 66.9 Å². The SMILES string of the molecule is COC(=O)CCc1ccccc1N1CCCC(CN2C(=O)c3ccccc3C2=O)C1. The van der Waals surface area contributed by atoms with E-state index in [0.29, 0.717) is 30.5 Å². The molecule has 156 valence electrons. The third-order valence-electron chi connectivity index (χ3n) is 6.00. The Kier molecular flexibility index (Phi) is 5.84. The zero-order valence-electron chi connectivity index (χ0n) is 17.2. The molecule has 0 N–H and O–H groups in total. The summed E-state index contributed by atoms with van der Waals surface area (Å²) in [5.41, 5.74) is 3.24. The highest BCUT2D eigenvalue weighted by atomic mass is 16.5. The van der Waals surface area contributed by atoms with Gasteiger partial charge in [0.2, 0.25) is 0 Å². The number of esters is 1. The molecule has 2 amide bonds. The van der Waals surface area contributed by atoms with Crippen molar-refractivity contribution >= 4 is 23.5 Å². The molecule has 2 heterocycles. The van der Waals surface area contributed by atoms with E-state index in [0.717, 1.165) is 37.2 Å². The lowest BCUT2D eigenvalue weighted by Crippen LogP contribution is -2.43. The zero-order chi connectivity index (χ0) is 21.1. The molecule has 1 fully saturated rings. The van der Waals surface area contributed by atoms with Crippen molar-refractivity contribution in [1.29, 1.82) is 0 Å².